The molecule has 2 aromatic carbocycles. The zero-order valence-electron chi connectivity index (χ0n) is 18.8. The fraction of sp³-hybridized carbons (Fsp3) is 0.261. The second-order valence-corrected chi connectivity index (χ2v) is 13.5. The number of aromatic nitrogens is 1. The summed E-state index contributed by atoms with van der Waals surface area (Å²) in [4.78, 5) is 41.0. The second-order valence-electron chi connectivity index (χ2n) is 8.45. The highest BCUT2D eigenvalue weighted by Crippen LogP contribution is 2.25. The first-order valence-corrected chi connectivity index (χ1v) is 13.6. The molecule has 1 aromatic heterocycles. The van der Waals surface area contributed by atoms with Crippen LogP contribution in [-0.2, 0) is 4.79 Å². The Bertz CT molecular complexity index is 1140. The van der Waals surface area contributed by atoms with Gasteiger partial charge in [0.25, 0.3) is 11.8 Å². The number of methoxy groups -OCH3 is 1. The van der Waals surface area contributed by atoms with Crippen LogP contribution in [0.1, 0.15) is 22.2 Å². The molecule has 0 spiro atoms. The van der Waals surface area contributed by atoms with Crippen molar-refractivity contribution in [2.75, 3.05) is 19.5 Å². The minimum absolute atomic E-state index is 0.177. The number of ether oxygens (including phenoxy) is 1. The topological polar surface area (TPSA) is 105 Å². The van der Waals surface area contributed by atoms with Crippen LogP contribution in [0.3, 0.4) is 0 Å². The quantitative estimate of drug-likeness (QED) is 0.535. The van der Waals surface area contributed by atoms with Gasteiger partial charge in [-0.2, -0.15) is 0 Å². The van der Waals surface area contributed by atoms with Crippen LogP contribution in [0.15, 0.2) is 63.9 Å². The van der Waals surface area contributed by atoms with Crippen molar-refractivity contribution in [3.05, 3.63) is 76.6 Å². The number of anilines is 1. The number of rotatable bonds is 7. The lowest BCUT2D eigenvalue weighted by Crippen LogP contribution is -2.39. The molecule has 0 radical (unpaired) electrons. The Hall–Kier alpha value is -3.59. The molecule has 0 saturated carbocycles. The molecule has 0 saturated heterocycles. The molecule has 1 heterocycles. The lowest BCUT2D eigenvalue weighted by Gasteiger charge is -2.27. The number of oxazole rings is 1. The first-order chi connectivity index (χ1) is 15.1. The number of H-pyrrole nitrogens is 1. The van der Waals surface area contributed by atoms with Gasteiger partial charge in [0.2, 0.25) is 5.76 Å². The summed E-state index contributed by atoms with van der Waals surface area (Å²) in [6, 6.07) is 13.7. The SMILES string of the molecule is COc1ccc(C(C(=O)Nc2ccc([Si](C)(C)C)cc2)N(C)C(=O)c2c[nH]c(=O)o2)cc1. The van der Waals surface area contributed by atoms with Gasteiger partial charge in [-0.1, -0.05) is 49.1 Å². The number of likely N-dealkylation sites (N-methyl/N-ethyl adjacent to an activating group) is 1. The highest BCUT2D eigenvalue weighted by atomic mass is 28.3. The van der Waals surface area contributed by atoms with Crippen LogP contribution in [0.2, 0.25) is 19.6 Å². The maximum Gasteiger partial charge on any atom is 0.416 e. The molecule has 1 atom stereocenters. The number of nitrogens with one attached hydrogen (secondary N) is 2. The molecule has 2 N–H and O–H groups in total. The van der Waals surface area contributed by atoms with E-state index in [9.17, 15) is 14.4 Å². The number of nitrogens with zero attached hydrogens (tertiary/aromatic N) is 1. The molecule has 0 bridgehead atoms. The van der Waals surface area contributed by atoms with Crippen molar-refractivity contribution in [1.82, 2.24) is 9.88 Å². The summed E-state index contributed by atoms with van der Waals surface area (Å²) < 4.78 is 10.1. The Balaban J connectivity index is 1.91. The van der Waals surface area contributed by atoms with Crippen molar-refractivity contribution in [1.29, 1.82) is 0 Å². The Kier molecular flexibility index (Phi) is 6.68. The van der Waals surface area contributed by atoms with Gasteiger partial charge >= 0.3 is 5.76 Å². The van der Waals surface area contributed by atoms with Crippen LogP contribution in [-0.4, -0.2) is 43.9 Å². The van der Waals surface area contributed by atoms with Crippen molar-refractivity contribution < 1.29 is 18.7 Å². The van der Waals surface area contributed by atoms with Gasteiger partial charge in [0, 0.05) is 12.7 Å². The molecule has 3 aromatic rings. The lowest BCUT2D eigenvalue weighted by atomic mass is 10.0. The molecule has 9 heteroatoms. The van der Waals surface area contributed by atoms with Gasteiger partial charge in [0.15, 0.2) is 0 Å². The van der Waals surface area contributed by atoms with Crippen LogP contribution in [0.4, 0.5) is 5.69 Å². The number of benzene rings is 2. The van der Waals surface area contributed by atoms with Crippen molar-refractivity contribution in [3.8, 4) is 5.75 Å². The molecule has 0 aliphatic rings. The Morgan fingerprint density at radius 3 is 2.19 bits per heavy atom. The number of carbonyl (C=O) groups excluding carboxylic acids is 2. The van der Waals surface area contributed by atoms with Gasteiger partial charge in [-0.05, 0) is 29.8 Å². The number of aromatic amines is 1. The van der Waals surface area contributed by atoms with Gasteiger partial charge in [-0.15, -0.1) is 0 Å². The maximum atomic E-state index is 13.3. The van der Waals surface area contributed by atoms with Crippen LogP contribution >= 0.6 is 0 Å². The highest BCUT2D eigenvalue weighted by molar-refractivity contribution is 6.88. The van der Waals surface area contributed by atoms with Crippen molar-refractivity contribution in [2.24, 2.45) is 0 Å². The summed E-state index contributed by atoms with van der Waals surface area (Å²) in [5.41, 5.74) is 1.21. The number of amides is 2. The predicted octanol–water partition coefficient (Wildman–Crippen LogP) is 2.97. The van der Waals surface area contributed by atoms with Gasteiger partial charge in [0.1, 0.15) is 11.8 Å². The average Bonchev–Trinajstić information content (AvgIpc) is 3.19. The second kappa shape index (κ2) is 9.27. The Labute approximate surface area is 187 Å². The van der Waals surface area contributed by atoms with E-state index in [0.717, 1.165) is 0 Å². The predicted molar refractivity (Wildman–Crippen MR) is 125 cm³/mol. The minimum Gasteiger partial charge on any atom is -0.497 e. The largest absolute Gasteiger partial charge is 0.497 e. The monoisotopic (exact) mass is 453 g/mol. The van der Waals surface area contributed by atoms with Crippen molar-refractivity contribution in [2.45, 2.75) is 25.7 Å². The average molecular weight is 454 g/mol. The normalized spacial score (nSPS) is 12.2. The Morgan fingerprint density at radius 2 is 1.69 bits per heavy atom. The van der Waals surface area contributed by atoms with Crippen molar-refractivity contribution >= 4 is 30.8 Å². The van der Waals surface area contributed by atoms with E-state index >= 15 is 0 Å². The molecule has 3 rings (SSSR count). The maximum absolute atomic E-state index is 13.3. The Morgan fingerprint density at radius 1 is 1.06 bits per heavy atom. The van der Waals surface area contributed by atoms with Gasteiger partial charge in [-0.25, -0.2) is 4.79 Å². The summed E-state index contributed by atoms with van der Waals surface area (Å²) >= 11 is 0. The first-order valence-electron chi connectivity index (χ1n) is 10.1. The number of carbonyl (C=O) groups is 2. The fourth-order valence-corrected chi connectivity index (χ4v) is 4.45. The van der Waals surface area contributed by atoms with E-state index in [1.54, 1.807) is 31.4 Å². The summed E-state index contributed by atoms with van der Waals surface area (Å²) in [7, 11) is 1.57. The highest BCUT2D eigenvalue weighted by Gasteiger charge is 2.31. The summed E-state index contributed by atoms with van der Waals surface area (Å²) in [5.74, 6) is -1.29. The van der Waals surface area contributed by atoms with E-state index in [0.29, 0.717) is 17.0 Å². The smallest absolute Gasteiger partial charge is 0.416 e. The summed E-state index contributed by atoms with van der Waals surface area (Å²) in [6.07, 6.45) is 1.18. The van der Waals surface area contributed by atoms with Gasteiger partial charge in [-0.3, -0.25) is 14.6 Å². The summed E-state index contributed by atoms with van der Waals surface area (Å²) in [5, 5.41) is 4.17. The number of hydrogen-bond acceptors (Lipinski definition) is 5. The molecular weight excluding hydrogens is 426 g/mol. The van der Waals surface area contributed by atoms with E-state index in [-0.39, 0.29) is 5.76 Å². The third-order valence-electron chi connectivity index (χ3n) is 5.14. The minimum atomic E-state index is -1.46. The third-order valence-corrected chi connectivity index (χ3v) is 7.21. The van der Waals surface area contributed by atoms with Gasteiger partial charge in [0.05, 0.1) is 21.4 Å². The van der Waals surface area contributed by atoms with Crippen LogP contribution < -0.4 is 21.0 Å². The van der Waals surface area contributed by atoms with E-state index in [4.69, 9.17) is 9.15 Å². The molecule has 32 heavy (non-hydrogen) atoms. The molecule has 1 unspecified atom stereocenters. The molecule has 0 fully saturated rings. The van der Waals surface area contributed by atoms with E-state index in [1.807, 2.05) is 24.3 Å². The van der Waals surface area contributed by atoms with Crippen LogP contribution in [0.25, 0.3) is 0 Å². The van der Waals surface area contributed by atoms with Crippen molar-refractivity contribution in [3.63, 3.8) is 0 Å². The first kappa shape index (κ1) is 23.1. The third kappa shape index (κ3) is 5.17. The molecule has 168 valence electrons. The standard InChI is InChI=1S/C23H27N3O5Si/c1-26(22(28)19-14-24-23(29)31-19)20(15-6-10-17(30-2)11-7-15)21(27)25-16-8-12-18(13-9-16)32(3,4)5/h6-14,20H,1-5H3,(H,24,29)(H,25,27). The van der Waals surface area contributed by atoms with Gasteiger partial charge < -0.3 is 19.4 Å². The molecule has 2 amide bonds. The number of hydrogen-bond donors (Lipinski definition) is 2. The molecule has 0 aliphatic carbocycles. The van der Waals surface area contributed by atoms with E-state index in [1.165, 1.54) is 23.3 Å². The zero-order chi connectivity index (χ0) is 23.5. The van der Waals surface area contributed by atoms with Crippen LogP contribution in [0.5, 0.6) is 5.75 Å². The molecule has 8 nitrogen and oxygen atoms in total. The molecule has 0 aliphatic heterocycles. The zero-order valence-corrected chi connectivity index (χ0v) is 19.8. The molecular formula is C23H27N3O5Si. The summed E-state index contributed by atoms with van der Waals surface area (Å²) in [6.45, 7) is 6.75. The fourth-order valence-electron chi connectivity index (χ4n) is 3.28. The van der Waals surface area contributed by atoms with E-state index in [2.05, 4.69) is 29.9 Å². The van der Waals surface area contributed by atoms with Crippen LogP contribution in [0, 0.1) is 0 Å². The lowest BCUT2D eigenvalue weighted by molar-refractivity contribution is -0.120. The van der Waals surface area contributed by atoms with E-state index < -0.39 is 31.7 Å².